The molecule has 0 radical (unpaired) electrons. The van der Waals surface area contributed by atoms with Crippen molar-refractivity contribution in [3.05, 3.63) is 42.0 Å². The van der Waals surface area contributed by atoms with E-state index in [-0.39, 0.29) is 5.92 Å². The molecule has 2 aromatic rings. The van der Waals surface area contributed by atoms with E-state index in [1.807, 2.05) is 50.2 Å². The maximum Gasteiger partial charge on any atom is 0.126 e. The summed E-state index contributed by atoms with van der Waals surface area (Å²) in [5.74, 6) is 0.946. The first-order valence-corrected chi connectivity index (χ1v) is 6.55. The fourth-order valence-electron chi connectivity index (χ4n) is 2.36. The highest BCUT2D eigenvalue weighted by molar-refractivity contribution is 5.91. The van der Waals surface area contributed by atoms with Crippen LogP contribution in [0.1, 0.15) is 25.5 Å². The van der Waals surface area contributed by atoms with Gasteiger partial charge in [0.25, 0.3) is 0 Å². The maximum absolute atomic E-state index is 10.2. The van der Waals surface area contributed by atoms with E-state index in [1.54, 1.807) is 7.11 Å². The zero-order valence-electron chi connectivity index (χ0n) is 11.6. The van der Waals surface area contributed by atoms with Crippen LogP contribution in [0, 0.1) is 5.92 Å². The lowest BCUT2D eigenvalue weighted by Crippen LogP contribution is -2.30. The summed E-state index contributed by atoms with van der Waals surface area (Å²) in [5.41, 5.74) is 7.16. The molecule has 3 heteroatoms. The zero-order chi connectivity index (χ0) is 14.0. The van der Waals surface area contributed by atoms with Gasteiger partial charge in [-0.2, -0.15) is 0 Å². The van der Waals surface area contributed by atoms with Crippen LogP contribution >= 0.6 is 0 Å². The van der Waals surface area contributed by atoms with E-state index in [2.05, 4.69) is 0 Å². The van der Waals surface area contributed by atoms with Crippen molar-refractivity contribution < 1.29 is 9.84 Å². The van der Waals surface area contributed by atoms with Gasteiger partial charge in [0.05, 0.1) is 19.3 Å². The number of hydrogen-bond acceptors (Lipinski definition) is 3. The van der Waals surface area contributed by atoms with Crippen LogP contribution in [0.25, 0.3) is 10.8 Å². The van der Waals surface area contributed by atoms with Crippen molar-refractivity contribution in [2.75, 3.05) is 7.11 Å². The summed E-state index contributed by atoms with van der Waals surface area (Å²) in [6, 6.07) is 11.4. The van der Waals surface area contributed by atoms with Gasteiger partial charge in [0.15, 0.2) is 0 Å². The molecule has 3 N–H and O–H groups in total. The van der Waals surface area contributed by atoms with E-state index in [0.717, 1.165) is 22.1 Å². The van der Waals surface area contributed by atoms with Gasteiger partial charge >= 0.3 is 0 Å². The quantitative estimate of drug-likeness (QED) is 0.887. The SMILES string of the molecule is COc1ccc([C@@H](N)[C@@H](O)C(C)C)c2ccccc12. The molecule has 0 aliphatic heterocycles. The molecule has 0 aromatic heterocycles. The summed E-state index contributed by atoms with van der Waals surface area (Å²) in [6.07, 6.45) is -0.559. The van der Waals surface area contributed by atoms with Crippen LogP contribution in [0.2, 0.25) is 0 Å². The van der Waals surface area contributed by atoms with E-state index < -0.39 is 12.1 Å². The summed E-state index contributed by atoms with van der Waals surface area (Å²) in [7, 11) is 1.66. The Labute approximate surface area is 114 Å². The average Bonchev–Trinajstić information content (AvgIpc) is 2.44. The van der Waals surface area contributed by atoms with Crippen molar-refractivity contribution in [1.82, 2.24) is 0 Å². The molecular formula is C16H21NO2. The van der Waals surface area contributed by atoms with Crippen molar-refractivity contribution in [2.45, 2.75) is 26.0 Å². The number of benzene rings is 2. The Hall–Kier alpha value is -1.58. The van der Waals surface area contributed by atoms with Crippen molar-refractivity contribution in [3.8, 4) is 5.75 Å². The van der Waals surface area contributed by atoms with Gasteiger partial charge in [0.2, 0.25) is 0 Å². The Morgan fingerprint density at radius 1 is 1.05 bits per heavy atom. The number of hydrogen-bond donors (Lipinski definition) is 2. The molecule has 0 amide bonds. The van der Waals surface area contributed by atoms with Crippen molar-refractivity contribution in [3.63, 3.8) is 0 Å². The van der Waals surface area contributed by atoms with Gasteiger partial charge in [-0.05, 0) is 22.9 Å². The van der Waals surface area contributed by atoms with E-state index in [4.69, 9.17) is 10.5 Å². The van der Waals surface area contributed by atoms with Crippen LogP contribution in [0.3, 0.4) is 0 Å². The van der Waals surface area contributed by atoms with Gasteiger partial charge in [0.1, 0.15) is 5.75 Å². The molecule has 102 valence electrons. The minimum atomic E-state index is -0.559. The molecule has 3 nitrogen and oxygen atoms in total. The smallest absolute Gasteiger partial charge is 0.126 e. The molecular weight excluding hydrogens is 238 g/mol. The molecule has 0 aliphatic carbocycles. The summed E-state index contributed by atoms with van der Waals surface area (Å²) >= 11 is 0. The van der Waals surface area contributed by atoms with Gasteiger partial charge in [-0.1, -0.05) is 44.2 Å². The van der Waals surface area contributed by atoms with Gasteiger partial charge in [-0.15, -0.1) is 0 Å². The second kappa shape index (κ2) is 5.59. The topological polar surface area (TPSA) is 55.5 Å². The summed E-state index contributed by atoms with van der Waals surface area (Å²) < 4.78 is 5.37. The number of aliphatic hydroxyl groups excluding tert-OH is 1. The summed E-state index contributed by atoms with van der Waals surface area (Å²) in [4.78, 5) is 0. The molecule has 0 fully saturated rings. The third-order valence-corrected chi connectivity index (χ3v) is 3.55. The number of methoxy groups -OCH3 is 1. The minimum absolute atomic E-state index is 0.121. The molecule has 0 spiro atoms. The third-order valence-electron chi connectivity index (χ3n) is 3.55. The Morgan fingerprint density at radius 3 is 2.26 bits per heavy atom. The minimum Gasteiger partial charge on any atom is -0.496 e. The molecule has 0 saturated carbocycles. The highest BCUT2D eigenvalue weighted by Gasteiger charge is 2.22. The first kappa shape index (κ1) is 13.8. The van der Waals surface area contributed by atoms with E-state index in [9.17, 15) is 5.11 Å². The van der Waals surface area contributed by atoms with Crippen LogP contribution in [0.15, 0.2) is 36.4 Å². The summed E-state index contributed by atoms with van der Waals surface area (Å²) in [5, 5.41) is 12.2. The fourth-order valence-corrected chi connectivity index (χ4v) is 2.36. The van der Waals surface area contributed by atoms with Crippen LogP contribution in [0.4, 0.5) is 0 Å². The lowest BCUT2D eigenvalue weighted by Gasteiger charge is -2.24. The number of ether oxygens (including phenoxy) is 1. The summed E-state index contributed by atoms with van der Waals surface area (Å²) in [6.45, 7) is 3.94. The molecule has 2 atom stereocenters. The molecule has 0 saturated heterocycles. The van der Waals surface area contributed by atoms with Crippen molar-refractivity contribution in [1.29, 1.82) is 0 Å². The first-order valence-electron chi connectivity index (χ1n) is 6.55. The van der Waals surface area contributed by atoms with Crippen LogP contribution in [-0.2, 0) is 0 Å². The standard InChI is InChI=1S/C16H21NO2/c1-10(2)16(18)15(17)13-8-9-14(19-3)12-7-5-4-6-11(12)13/h4-10,15-16,18H,17H2,1-3H3/t15-,16+/m1/s1. The van der Waals surface area contributed by atoms with Crippen LogP contribution < -0.4 is 10.5 Å². The molecule has 0 unspecified atom stereocenters. The highest BCUT2D eigenvalue weighted by Crippen LogP contribution is 2.32. The lowest BCUT2D eigenvalue weighted by atomic mass is 9.91. The van der Waals surface area contributed by atoms with Gasteiger partial charge < -0.3 is 15.6 Å². The molecule has 2 rings (SSSR count). The fraction of sp³-hybridized carbons (Fsp3) is 0.375. The number of nitrogens with two attached hydrogens (primary N) is 1. The molecule has 19 heavy (non-hydrogen) atoms. The van der Waals surface area contributed by atoms with Crippen LogP contribution in [-0.4, -0.2) is 18.3 Å². The second-order valence-electron chi connectivity index (χ2n) is 5.16. The predicted octanol–water partition coefficient (Wildman–Crippen LogP) is 2.87. The number of rotatable bonds is 4. The largest absolute Gasteiger partial charge is 0.496 e. The van der Waals surface area contributed by atoms with E-state index in [1.165, 1.54) is 0 Å². The second-order valence-corrected chi connectivity index (χ2v) is 5.16. The Kier molecular flexibility index (Phi) is 4.08. The van der Waals surface area contributed by atoms with Crippen molar-refractivity contribution >= 4 is 10.8 Å². The van der Waals surface area contributed by atoms with Gasteiger partial charge in [-0.25, -0.2) is 0 Å². The number of aliphatic hydroxyl groups is 1. The van der Waals surface area contributed by atoms with E-state index in [0.29, 0.717) is 0 Å². The lowest BCUT2D eigenvalue weighted by molar-refractivity contribution is 0.0984. The predicted molar refractivity (Wildman–Crippen MR) is 78.3 cm³/mol. The highest BCUT2D eigenvalue weighted by atomic mass is 16.5. The van der Waals surface area contributed by atoms with E-state index >= 15 is 0 Å². The van der Waals surface area contributed by atoms with Crippen molar-refractivity contribution in [2.24, 2.45) is 11.7 Å². The molecule has 0 bridgehead atoms. The maximum atomic E-state index is 10.2. The normalized spacial score (nSPS) is 14.6. The molecule has 0 heterocycles. The van der Waals surface area contributed by atoms with Gasteiger partial charge in [0, 0.05) is 5.39 Å². The Bertz CT molecular complexity index is 566. The Balaban J connectivity index is 2.56. The molecule has 2 aromatic carbocycles. The first-order chi connectivity index (χ1) is 9.06. The third kappa shape index (κ3) is 2.57. The molecule has 0 aliphatic rings. The average molecular weight is 259 g/mol. The zero-order valence-corrected chi connectivity index (χ0v) is 11.6. The van der Waals surface area contributed by atoms with Crippen LogP contribution in [0.5, 0.6) is 5.75 Å². The monoisotopic (exact) mass is 259 g/mol. The Morgan fingerprint density at radius 2 is 1.68 bits per heavy atom. The van der Waals surface area contributed by atoms with Gasteiger partial charge in [-0.3, -0.25) is 0 Å². The number of fused-ring (bicyclic) bond motifs is 1.